The Morgan fingerprint density at radius 2 is 1.89 bits per heavy atom. The lowest BCUT2D eigenvalue weighted by atomic mass is 10.1. The quantitative estimate of drug-likeness (QED) is 0.218. The summed E-state index contributed by atoms with van der Waals surface area (Å²) in [5, 5.41) is 1.33. The Balaban J connectivity index is 1.53. The largest absolute Gasteiger partial charge is 0.490 e. The molecule has 0 spiro atoms. The number of hydrazine groups is 1. The Labute approximate surface area is 238 Å². The number of amides is 2. The number of thioether (sulfide) groups is 1. The van der Waals surface area contributed by atoms with Crippen LogP contribution in [-0.2, 0) is 11.4 Å². The monoisotopic (exact) mass is 616 g/mol. The Morgan fingerprint density at radius 3 is 2.59 bits per heavy atom. The van der Waals surface area contributed by atoms with Gasteiger partial charge in [-0.15, -0.1) is 0 Å². The number of rotatable bonds is 8. The fourth-order valence-electron chi connectivity index (χ4n) is 3.44. The third-order valence-corrected chi connectivity index (χ3v) is 7.48. The van der Waals surface area contributed by atoms with E-state index < -0.39 is 11.8 Å². The van der Waals surface area contributed by atoms with Crippen molar-refractivity contribution in [1.82, 2.24) is 10.4 Å². The molecule has 3 aromatic rings. The van der Waals surface area contributed by atoms with Crippen molar-refractivity contribution in [2.75, 3.05) is 6.61 Å². The molecule has 0 aromatic heterocycles. The lowest BCUT2D eigenvalue weighted by Gasteiger charge is -2.16. The standard InChI is InChI=1S/C27H22BrClN2O4S2/c1-3-34-22-13-18(12-20(28)24(22)35-15-17-10-8-16(2)9-11-17)14-23-26(33)31(27(36)37-23)30-25(32)19-6-4-5-7-21(19)29/h4-14H,3,15H2,1-2H3,(H,30,32)/b23-14-. The van der Waals surface area contributed by atoms with Crippen LogP contribution in [0.1, 0.15) is 34.0 Å². The van der Waals surface area contributed by atoms with E-state index in [1.54, 1.807) is 36.4 Å². The van der Waals surface area contributed by atoms with Gasteiger partial charge in [0, 0.05) is 0 Å². The molecule has 1 N–H and O–H groups in total. The molecule has 0 aliphatic carbocycles. The van der Waals surface area contributed by atoms with Crippen LogP contribution in [0.25, 0.3) is 6.08 Å². The van der Waals surface area contributed by atoms with E-state index in [0.717, 1.165) is 22.3 Å². The normalized spacial score (nSPS) is 14.3. The molecule has 1 aliphatic rings. The molecule has 3 aromatic carbocycles. The Kier molecular flexibility index (Phi) is 8.91. The van der Waals surface area contributed by atoms with E-state index in [1.165, 1.54) is 5.56 Å². The summed E-state index contributed by atoms with van der Waals surface area (Å²) < 4.78 is 12.8. The molecule has 1 fully saturated rings. The van der Waals surface area contributed by atoms with Gasteiger partial charge in [-0.3, -0.25) is 15.0 Å². The third kappa shape index (κ3) is 6.54. The molecule has 0 radical (unpaired) electrons. The smallest absolute Gasteiger partial charge is 0.285 e. The summed E-state index contributed by atoms with van der Waals surface area (Å²) in [6, 6.07) is 18.3. The van der Waals surface area contributed by atoms with Gasteiger partial charge in [0.15, 0.2) is 15.8 Å². The summed E-state index contributed by atoms with van der Waals surface area (Å²) in [5.41, 5.74) is 5.70. The molecule has 4 rings (SSSR count). The molecular formula is C27H22BrClN2O4S2. The number of carbonyl (C=O) groups is 2. The van der Waals surface area contributed by atoms with Crippen LogP contribution < -0.4 is 14.9 Å². The summed E-state index contributed by atoms with van der Waals surface area (Å²) in [4.78, 5) is 26.0. The van der Waals surface area contributed by atoms with Gasteiger partial charge in [0.1, 0.15) is 6.61 Å². The van der Waals surface area contributed by atoms with Crippen molar-refractivity contribution in [3.63, 3.8) is 0 Å². The fourth-order valence-corrected chi connectivity index (χ4v) is 5.41. The van der Waals surface area contributed by atoms with Crippen LogP contribution in [0, 0.1) is 6.92 Å². The van der Waals surface area contributed by atoms with Crippen molar-refractivity contribution in [2.24, 2.45) is 0 Å². The van der Waals surface area contributed by atoms with Gasteiger partial charge in [0.2, 0.25) is 0 Å². The summed E-state index contributed by atoms with van der Waals surface area (Å²) in [7, 11) is 0. The van der Waals surface area contributed by atoms with E-state index >= 15 is 0 Å². The zero-order valence-electron chi connectivity index (χ0n) is 19.9. The van der Waals surface area contributed by atoms with Gasteiger partial charge in [-0.05, 0) is 83.5 Å². The van der Waals surface area contributed by atoms with Crippen molar-refractivity contribution in [1.29, 1.82) is 0 Å². The zero-order chi connectivity index (χ0) is 26.5. The number of hydrogen-bond donors (Lipinski definition) is 1. The highest BCUT2D eigenvalue weighted by molar-refractivity contribution is 9.10. The van der Waals surface area contributed by atoms with Gasteiger partial charge >= 0.3 is 0 Å². The van der Waals surface area contributed by atoms with Crippen LogP contribution in [0.4, 0.5) is 0 Å². The van der Waals surface area contributed by atoms with Crippen LogP contribution in [0.2, 0.25) is 5.02 Å². The first-order valence-electron chi connectivity index (χ1n) is 11.2. The second-order valence-electron chi connectivity index (χ2n) is 7.98. The number of halogens is 2. The highest BCUT2D eigenvalue weighted by Crippen LogP contribution is 2.39. The van der Waals surface area contributed by atoms with Gasteiger partial charge in [0.05, 0.1) is 26.6 Å². The first kappa shape index (κ1) is 27.2. The number of thiocarbonyl (C=S) groups is 1. The second kappa shape index (κ2) is 12.1. The predicted molar refractivity (Wildman–Crippen MR) is 155 cm³/mol. The van der Waals surface area contributed by atoms with Crippen LogP contribution >= 0.6 is 51.5 Å². The summed E-state index contributed by atoms with van der Waals surface area (Å²) in [6.45, 7) is 4.74. The highest BCUT2D eigenvalue weighted by Gasteiger charge is 2.34. The topological polar surface area (TPSA) is 67.9 Å². The molecule has 190 valence electrons. The van der Waals surface area contributed by atoms with Gasteiger partial charge in [0.25, 0.3) is 11.8 Å². The Morgan fingerprint density at radius 1 is 1.16 bits per heavy atom. The van der Waals surface area contributed by atoms with Crippen molar-refractivity contribution in [2.45, 2.75) is 20.5 Å². The van der Waals surface area contributed by atoms with E-state index in [-0.39, 0.29) is 14.9 Å². The number of ether oxygens (including phenoxy) is 2. The number of hydrogen-bond acceptors (Lipinski definition) is 6. The zero-order valence-corrected chi connectivity index (χ0v) is 23.9. The number of carbonyl (C=O) groups excluding carboxylic acids is 2. The van der Waals surface area contributed by atoms with E-state index in [1.807, 2.05) is 44.2 Å². The number of nitrogens with zero attached hydrogens (tertiary/aromatic N) is 1. The molecule has 0 saturated carbocycles. The van der Waals surface area contributed by atoms with E-state index in [4.69, 9.17) is 33.3 Å². The average molecular weight is 618 g/mol. The molecule has 37 heavy (non-hydrogen) atoms. The molecule has 0 bridgehead atoms. The minimum atomic E-state index is -0.528. The number of benzene rings is 3. The minimum Gasteiger partial charge on any atom is -0.490 e. The first-order valence-corrected chi connectivity index (χ1v) is 13.6. The van der Waals surface area contributed by atoms with Crippen molar-refractivity contribution >= 4 is 73.7 Å². The van der Waals surface area contributed by atoms with Crippen molar-refractivity contribution in [3.8, 4) is 11.5 Å². The predicted octanol–water partition coefficient (Wildman–Crippen LogP) is 6.93. The summed E-state index contributed by atoms with van der Waals surface area (Å²) in [6.07, 6.45) is 1.69. The third-order valence-electron chi connectivity index (χ3n) is 5.26. The molecule has 6 nitrogen and oxygen atoms in total. The van der Waals surface area contributed by atoms with E-state index in [0.29, 0.717) is 39.7 Å². The van der Waals surface area contributed by atoms with Gasteiger partial charge in [-0.1, -0.05) is 65.3 Å². The number of aryl methyl sites for hydroxylation is 1. The maximum absolute atomic E-state index is 13.1. The maximum Gasteiger partial charge on any atom is 0.285 e. The maximum atomic E-state index is 13.1. The van der Waals surface area contributed by atoms with Gasteiger partial charge < -0.3 is 9.47 Å². The molecule has 1 heterocycles. The first-order chi connectivity index (χ1) is 17.8. The van der Waals surface area contributed by atoms with Gasteiger partial charge in [-0.25, -0.2) is 0 Å². The molecular weight excluding hydrogens is 596 g/mol. The van der Waals surface area contributed by atoms with Crippen LogP contribution in [0.15, 0.2) is 70.0 Å². The Bertz CT molecular complexity index is 1400. The van der Waals surface area contributed by atoms with E-state index in [9.17, 15) is 9.59 Å². The summed E-state index contributed by atoms with van der Waals surface area (Å²) >= 11 is 16.1. The second-order valence-corrected chi connectivity index (χ2v) is 10.9. The molecule has 2 amide bonds. The minimum absolute atomic E-state index is 0.207. The van der Waals surface area contributed by atoms with Crippen LogP contribution in [0.5, 0.6) is 11.5 Å². The average Bonchev–Trinajstić information content (AvgIpc) is 3.12. The fraction of sp³-hybridized carbons (Fsp3) is 0.148. The molecule has 0 atom stereocenters. The van der Waals surface area contributed by atoms with Crippen molar-refractivity contribution in [3.05, 3.63) is 97.3 Å². The molecule has 10 heteroatoms. The molecule has 1 saturated heterocycles. The molecule has 0 unspecified atom stereocenters. The van der Waals surface area contributed by atoms with Gasteiger partial charge in [-0.2, -0.15) is 5.01 Å². The lowest BCUT2D eigenvalue weighted by Crippen LogP contribution is -2.44. The Hall–Kier alpha value is -2.85. The van der Waals surface area contributed by atoms with E-state index in [2.05, 4.69) is 21.4 Å². The molecule has 1 aliphatic heterocycles. The van der Waals surface area contributed by atoms with Crippen LogP contribution in [-0.4, -0.2) is 27.8 Å². The summed E-state index contributed by atoms with van der Waals surface area (Å²) in [5.74, 6) is 0.139. The SMILES string of the molecule is CCOc1cc(/C=C2\SC(=S)N(NC(=O)c3ccccc3Cl)C2=O)cc(Br)c1OCc1ccc(C)cc1. The van der Waals surface area contributed by atoms with Crippen molar-refractivity contribution < 1.29 is 19.1 Å². The lowest BCUT2D eigenvalue weighted by molar-refractivity contribution is -0.123. The van der Waals surface area contributed by atoms with Crippen LogP contribution in [0.3, 0.4) is 0 Å². The number of nitrogens with one attached hydrogen (secondary N) is 1. The highest BCUT2D eigenvalue weighted by atomic mass is 79.9.